The summed E-state index contributed by atoms with van der Waals surface area (Å²) in [5, 5.41) is 10.4. The third-order valence-electron chi connectivity index (χ3n) is 4.87. The molecule has 6 heteroatoms. The first-order valence-corrected chi connectivity index (χ1v) is 9.17. The topological polar surface area (TPSA) is 67.7 Å². The Morgan fingerprint density at radius 1 is 1.23 bits per heavy atom. The Labute approximate surface area is 153 Å². The Hall–Kier alpha value is -2.18. The zero-order valence-corrected chi connectivity index (χ0v) is 15.5. The molecule has 0 bridgehead atoms. The second-order valence-electron chi connectivity index (χ2n) is 7.29. The number of β-amino-alcohol motifs (C(OH)–C–C–N with tert-alkyl or cyclic N) is 1. The van der Waals surface area contributed by atoms with Gasteiger partial charge in [0.2, 0.25) is 0 Å². The van der Waals surface area contributed by atoms with Gasteiger partial charge in [0.05, 0.1) is 17.9 Å². The number of aromatic nitrogens is 2. The average molecular weight is 355 g/mol. The SMILES string of the molecule is Cc1nc2c(c(N3C[C@H](OC(C)C)[C@@H](O)C3)n1)Cc1ccccc1OC2. The number of anilines is 1. The zero-order valence-electron chi connectivity index (χ0n) is 15.5. The van der Waals surface area contributed by atoms with Gasteiger partial charge in [-0.05, 0) is 32.4 Å². The highest BCUT2D eigenvalue weighted by atomic mass is 16.5. The molecular formula is C20H25N3O3. The number of hydrogen-bond donors (Lipinski definition) is 1. The lowest BCUT2D eigenvalue weighted by Crippen LogP contribution is -2.29. The van der Waals surface area contributed by atoms with E-state index in [0.29, 0.717) is 19.7 Å². The zero-order chi connectivity index (χ0) is 18.3. The molecule has 4 rings (SSSR count). The summed E-state index contributed by atoms with van der Waals surface area (Å²) < 4.78 is 11.8. The molecule has 2 aromatic rings. The van der Waals surface area contributed by atoms with Crippen molar-refractivity contribution in [1.29, 1.82) is 0 Å². The smallest absolute Gasteiger partial charge is 0.136 e. The fraction of sp³-hybridized carbons (Fsp3) is 0.500. The van der Waals surface area contributed by atoms with Crippen LogP contribution in [0.1, 0.15) is 36.5 Å². The Morgan fingerprint density at radius 3 is 2.85 bits per heavy atom. The highest BCUT2D eigenvalue weighted by Crippen LogP contribution is 2.33. The molecule has 1 N–H and O–H groups in total. The molecule has 0 radical (unpaired) electrons. The molecule has 0 amide bonds. The Bertz CT molecular complexity index is 809. The molecule has 0 unspecified atom stereocenters. The molecule has 26 heavy (non-hydrogen) atoms. The van der Waals surface area contributed by atoms with Gasteiger partial charge < -0.3 is 19.5 Å². The first-order chi connectivity index (χ1) is 12.5. The predicted octanol–water partition coefficient (Wildman–Crippen LogP) is 2.24. The van der Waals surface area contributed by atoms with E-state index in [0.717, 1.165) is 40.6 Å². The van der Waals surface area contributed by atoms with Crippen molar-refractivity contribution in [2.75, 3.05) is 18.0 Å². The van der Waals surface area contributed by atoms with E-state index in [1.54, 1.807) is 0 Å². The van der Waals surface area contributed by atoms with E-state index in [1.807, 2.05) is 39.0 Å². The van der Waals surface area contributed by atoms with Crippen molar-refractivity contribution >= 4 is 5.82 Å². The number of benzene rings is 1. The van der Waals surface area contributed by atoms with Gasteiger partial charge in [-0.15, -0.1) is 0 Å². The predicted molar refractivity (Wildman–Crippen MR) is 98.6 cm³/mol. The van der Waals surface area contributed by atoms with Crippen LogP contribution in [-0.2, 0) is 17.8 Å². The van der Waals surface area contributed by atoms with Crippen LogP contribution >= 0.6 is 0 Å². The van der Waals surface area contributed by atoms with Crippen molar-refractivity contribution in [3.05, 3.63) is 46.9 Å². The Balaban J connectivity index is 1.69. The number of rotatable bonds is 3. The van der Waals surface area contributed by atoms with E-state index in [-0.39, 0.29) is 12.2 Å². The number of fused-ring (bicyclic) bond motifs is 2. The van der Waals surface area contributed by atoms with E-state index in [2.05, 4.69) is 16.0 Å². The number of ether oxygens (including phenoxy) is 2. The number of nitrogens with zero attached hydrogens (tertiary/aromatic N) is 3. The minimum atomic E-state index is -0.516. The second-order valence-corrected chi connectivity index (χ2v) is 7.29. The van der Waals surface area contributed by atoms with Crippen LogP contribution in [0.15, 0.2) is 24.3 Å². The van der Waals surface area contributed by atoms with Gasteiger partial charge in [-0.3, -0.25) is 0 Å². The van der Waals surface area contributed by atoms with Gasteiger partial charge in [0.25, 0.3) is 0 Å². The lowest BCUT2D eigenvalue weighted by atomic mass is 10.0. The van der Waals surface area contributed by atoms with Crippen molar-refractivity contribution in [1.82, 2.24) is 9.97 Å². The third kappa shape index (κ3) is 3.27. The fourth-order valence-electron chi connectivity index (χ4n) is 3.74. The monoisotopic (exact) mass is 355 g/mol. The van der Waals surface area contributed by atoms with Gasteiger partial charge in [0.1, 0.15) is 30.1 Å². The van der Waals surface area contributed by atoms with Gasteiger partial charge in [-0.2, -0.15) is 0 Å². The molecule has 2 atom stereocenters. The Morgan fingerprint density at radius 2 is 2.04 bits per heavy atom. The van der Waals surface area contributed by atoms with Crippen molar-refractivity contribution < 1.29 is 14.6 Å². The van der Waals surface area contributed by atoms with Crippen LogP contribution in [0.5, 0.6) is 5.75 Å². The molecule has 0 saturated carbocycles. The van der Waals surface area contributed by atoms with Crippen molar-refractivity contribution in [3.8, 4) is 5.75 Å². The number of aliphatic hydroxyl groups is 1. The normalized spacial score (nSPS) is 22.0. The molecule has 6 nitrogen and oxygen atoms in total. The largest absolute Gasteiger partial charge is 0.487 e. The summed E-state index contributed by atoms with van der Waals surface area (Å²) in [5.41, 5.74) is 3.14. The summed E-state index contributed by atoms with van der Waals surface area (Å²) in [4.78, 5) is 11.5. The molecule has 138 valence electrons. The molecule has 3 heterocycles. The maximum Gasteiger partial charge on any atom is 0.136 e. The fourth-order valence-corrected chi connectivity index (χ4v) is 3.74. The van der Waals surface area contributed by atoms with Gasteiger partial charge in [-0.1, -0.05) is 18.2 Å². The molecule has 0 aliphatic carbocycles. The van der Waals surface area contributed by atoms with Crippen LogP contribution in [-0.4, -0.2) is 46.5 Å². The lowest BCUT2D eigenvalue weighted by Gasteiger charge is -2.22. The molecule has 2 aliphatic rings. The van der Waals surface area contributed by atoms with E-state index in [9.17, 15) is 5.11 Å². The third-order valence-corrected chi connectivity index (χ3v) is 4.87. The lowest BCUT2D eigenvalue weighted by molar-refractivity contribution is -0.0386. The van der Waals surface area contributed by atoms with Crippen LogP contribution in [0.2, 0.25) is 0 Å². The molecule has 0 spiro atoms. The molecule has 1 aromatic heterocycles. The van der Waals surface area contributed by atoms with Gasteiger partial charge in [0, 0.05) is 25.1 Å². The molecule has 1 saturated heterocycles. The van der Waals surface area contributed by atoms with Crippen LogP contribution in [0.3, 0.4) is 0 Å². The molecule has 1 fully saturated rings. The van der Waals surface area contributed by atoms with E-state index in [4.69, 9.17) is 14.5 Å². The van der Waals surface area contributed by atoms with Gasteiger partial charge in [0.15, 0.2) is 0 Å². The van der Waals surface area contributed by atoms with Crippen molar-refractivity contribution in [2.24, 2.45) is 0 Å². The number of aliphatic hydroxyl groups excluding tert-OH is 1. The molecule has 2 aliphatic heterocycles. The number of hydrogen-bond acceptors (Lipinski definition) is 6. The van der Waals surface area contributed by atoms with E-state index < -0.39 is 6.10 Å². The minimum Gasteiger partial charge on any atom is -0.487 e. The summed E-state index contributed by atoms with van der Waals surface area (Å²) >= 11 is 0. The maximum absolute atomic E-state index is 10.4. The minimum absolute atomic E-state index is 0.0825. The molecular weight excluding hydrogens is 330 g/mol. The van der Waals surface area contributed by atoms with Crippen LogP contribution in [0, 0.1) is 6.92 Å². The van der Waals surface area contributed by atoms with Crippen LogP contribution in [0.25, 0.3) is 0 Å². The van der Waals surface area contributed by atoms with Crippen LogP contribution < -0.4 is 9.64 Å². The first-order valence-electron chi connectivity index (χ1n) is 9.17. The van der Waals surface area contributed by atoms with Gasteiger partial charge in [-0.25, -0.2) is 9.97 Å². The highest BCUT2D eigenvalue weighted by molar-refractivity contribution is 5.55. The highest BCUT2D eigenvalue weighted by Gasteiger charge is 2.35. The first kappa shape index (κ1) is 17.2. The number of aryl methyl sites for hydroxylation is 1. The summed E-state index contributed by atoms with van der Waals surface area (Å²) in [5.74, 6) is 2.51. The van der Waals surface area contributed by atoms with Gasteiger partial charge >= 0.3 is 0 Å². The summed E-state index contributed by atoms with van der Waals surface area (Å²) in [6.07, 6.45) is 0.0932. The van der Waals surface area contributed by atoms with Crippen molar-refractivity contribution in [3.63, 3.8) is 0 Å². The van der Waals surface area contributed by atoms with E-state index >= 15 is 0 Å². The maximum atomic E-state index is 10.4. The Kier molecular flexibility index (Phi) is 4.54. The quantitative estimate of drug-likeness (QED) is 0.911. The van der Waals surface area contributed by atoms with E-state index in [1.165, 1.54) is 0 Å². The summed E-state index contributed by atoms with van der Waals surface area (Å²) in [7, 11) is 0. The van der Waals surface area contributed by atoms with Crippen molar-refractivity contribution in [2.45, 2.75) is 52.1 Å². The number of para-hydroxylation sites is 1. The summed E-state index contributed by atoms with van der Waals surface area (Å²) in [6, 6.07) is 8.08. The molecule has 1 aromatic carbocycles. The standard InChI is InChI=1S/C20H25N3O3/c1-12(2)26-19-10-23(9-17(19)24)20-15-8-14-6-4-5-7-18(14)25-11-16(15)21-13(3)22-20/h4-7,12,17,19,24H,8-11H2,1-3H3/t17-,19-/m0/s1. The second kappa shape index (κ2) is 6.85. The van der Waals surface area contributed by atoms with Crippen LogP contribution in [0.4, 0.5) is 5.82 Å². The average Bonchev–Trinajstić information content (AvgIpc) is 2.85. The summed E-state index contributed by atoms with van der Waals surface area (Å²) in [6.45, 7) is 7.46.